The first-order chi connectivity index (χ1) is 13.5. The molecule has 0 saturated heterocycles. The molecule has 1 heterocycles. The monoisotopic (exact) mass is 400 g/mol. The number of nitrogens with one attached hydrogen (secondary N) is 1. The maximum atomic E-state index is 12.2. The van der Waals surface area contributed by atoms with Crippen LogP contribution in [0.2, 0.25) is 5.02 Å². The molecule has 1 N–H and O–H groups in total. The smallest absolute Gasteiger partial charge is 0.306 e. The fraction of sp³-hybridized carbons (Fsp3) is 0.158. The highest BCUT2D eigenvalue weighted by Crippen LogP contribution is 2.17. The molecular formula is C19H17ClN4O4. The first-order valence-electron chi connectivity index (χ1n) is 8.43. The summed E-state index contributed by atoms with van der Waals surface area (Å²) in [5.74, 6) is 0.483. The Balaban J connectivity index is 1.46. The molecule has 0 fully saturated rings. The zero-order chi connectivity index (χ0) is 19.9. The van der Waals surface area contributed by atoms with E-state index in [0.29, 0.717) is 36.0 Å². The van der Waals surface area contributed by atoms with E-state index < -0.39 is 4.92 Å². The molecule has 3 rings (SSSR count). The van der Waals surface area contributed by atoms with Crippen LogP contribution >= 0.6 is 11.6 Å². The van der Waals surface area contributed by atoms with Crippen molar-refractivity contribution < 1.29 is 14.5 Å². The van der Waals surface area contributed by atoms with Crippen molar-refractivity contribution >= 4 is 23.2 Å². The van der Waals surface area contributed by atoms with E-state index in [2.05, 4.69) is 10.4 Å². The Labute approximate surface area is 165 Å². The molecule has 9 heteroatoms. The van der Waals surface area contributed by atoms with Crippen LogP contribution in [-0.2, 0) is 13.2 Å². The minimum atomic E-state index is -0.514. The second kappa shape index (κ2) is 9.01. The minimum absolute atomic E-state index is 0.0808. The molecule has 28 heavy (non-hydrogen) atoms. The van der Waals surface area contributed by atoms with Gasteiger partial charge in [-0.05, 0) is 42.0 Å². The number of halogens is 1. The first-order valence-corrected chi connectivity index (χ1v) is 8.81. The van der Waals surface area contributed by atoms with Gasteiger partial charge in [-0.15, -0.1) is 0 Å². The summed E-state index contributed by atoms with van der Waals surface area (Å²) < 4.78 is 7.08. The third kappa shape index (κ3) is 5.31. The summed E-state index contributed by atoms with van der Waals surface area (Å²) in [5, 5.41) is 17.9. The number of hydrogen-bond acceptors (Lipinski definition) is 5. The van der Waals surface area contributed by atoms with E-state index in [0.717, 1.165) is 5.56 Å². The van der Waals surface area contributed by atoms with Gasteiger partial charge in [0.1, 0.15) is 24.8 Å². The summed E-state index contributed by atoms with van der Waals surface area (Å²) in [4.78, 5) is 22.3. The van der Waals surface area contributed by atoms with Gasteiger partial charge in [0.2, 0.25) is 0 Å². The number of benzene rings is 2. The van der Waals surface area contributed by atoms with Crippen molar-refractivity contribution in [3.8, 4) is 5.75 Å². The Kier molecular flexibility index (Phi) is 6.23. The molecule has 0 aliphatic carbocycles. The topological polar surface area (TPSA) is 99.3 Å². The molecule has 0 aliphatic heterocycles. The van der Waals surface area contributed by atoms with E-state index in [-0.39, 0.29) is 11.6 Å². The molecule has 0 bridgehead atoms. The van der Waals surface area contributed by atoms with Gasteiger partial charge < -0.3 is 10.1 Å². The number of rotatable bonds is 8. The Morgan fingerprint density at radius 3 is 2.54 bits per heavy atom. The molecule has 3 aromatic rings. The fourth-order valence-corrected chi connectivity index (χ4v) is 2.53. The molecule has 0 atom stereocenters. The van der Waals surface area contributed by atoms with Crippen molar-refractivity contribution in [1.82, 2.24) is 15.1 Å². The van der Waals surface area contributed by atoms with Crippen LogP contribution in [0.3, 0.4) is 0 Å². The van der Waals surface area contributed by atoms with Crippen molar-refractivity contribution in [1.29, 1.82) is 0 Å². The summed E-state index contributed by atoms with van der Waals surface area (Å²) in [6.45, 7) is 1.02. The molecular weight excluding hydrogens is 384 g/mol. The lowest BCUT2D eigenvalue weighted by Gasteiger charge is -2.08. The molecule has 2 aromatic carbocycles. The predicted octanol–water partition coefficient (Wildman–Crippen LogP) is 3.45. The Hall–Kier alpha value is -3.39. The van der Waals surface area contributed by atoms with E-state index in [9.17, 15) is 14.9 Å². The molecule has 8 nitrogen and oxygen atoms in total. The van der Waals surface area contributed by atoms with Crippen LogP contribution in [0.1, 0.15) is 15.9 Å². The molecule has 144 valence electrons. The van der Waals surface area contributed by atoms with E-state index >= 15 is 0 Å². The van der Waals surface area contributed by atoms with Crippen LogP contribution in [0.4, 0.5) is 5.69 Å². The summed E-state index contributed by atoms with van der Waals surface area (Å²) >= 11 is 5.84. The van der Waals surface area contributed by atoms with Crippen LogP contribution in [0, 0.1) is 10.1 Å². The zero-order valence-corrected chi connectivity index (χ0v) is 15.5. The highest BCUT2D eigenvalue weighted by Gasteiger charge is 2.09. The maximum Gasteiger partial charge on any atom is 0.306 e. The normalized spacial score (nSPS) is 10.5. The van der Waals surface area contributed by atoms with Gasteiger partial charge >= 0.3 is 5.69 Å². The lowest BCUT2D eigenvalue weighted by Crippen LogP contribution is -2.27. The molecule has 0 spiro atoms. The molecule has 0 radical (unpaired) electrons. The third-order valence-electron chi connectivity index (χ3n) is 3.89. The number of nitro groups is 1. The van der Waals surface area contributed by atoms with Crippen LogP contribution in [-0.4, -0.2) is 27.2 Å². The van der Waals surface area contributed by atoms with Gasteiger partial charge in [0.05, 0.1) is 11.5 Å². The molecule has 0 aliphatic rings. The largest absolute Gasteiger partial charge is 0.489 e. The highest BCUT2D eigenvalue weighted by atomic mass is 35.5. The molecule has 0 saturated carbocycles. The Morgan fingerprint density at radius 2 is 1.89 bits per heavy atom. The number of nitrogens with zero attached hydrogens (tertiary/aromatic N) is 3. The van der Waals surface area contributed by atoms with Gasteiger partial charge in [-0.25, -0.2) is 0 Å². The van der Waals surface area contributed by atoms with Gasteiger partial charge in [0.25, 0.3) is 5.91 Å². The van der Waals surface area contributed by atoms with Crippen molar-refractivity contribution in [2.24, 2.45) is 0 Å². The average Bonchev–Trinajstić information content (AvgIpc) is 3.17. The number of ether oxygens (including phenoxy) is 1. The van der Waals surface area contributed by atoms with Crippen LogP contribution in [0.25, 0.3) is 0 Å². The average molecular weight is 401 g/mol. The van der Waals surface area contributed by atoms with E-state index in [1.165, 1.54) is 17.1 Å². The van der Waals surface area contributed by atoms with Gasteiger partial charge in [-0.2, -0.15) is 5.10 Å². The van der Waals surface area contributed by atoms with Crippen molar-refractivity contribution in [3.05, 3.63) is 87.2 Å². The maximum absolute atomic E-state index is 12.2. The molecule has 0 unspecified atom stereocenters. The summed E-state index contributed by atoms with van der Waals surface area (Å²) in [6.07, 6.45) is 2.49. The fourth-order valence-electron chi connectivity index (χ4n) is 2.41. The first kappa shape index (κ1) is 19.4. The zero-order valence-electron chi connectivity index (χ0n) is 14.7. The second-order valence-electron chi connectivity index (χ2n) is 5.91. The van der Waals surface area contributed by atoms with Crippen molar-refractivity contribution in [3.63, 3.8) is 0 Å². The minimum Gasteiger partial charge on any atom is -0.489 e. The Bertz CT molecular complexity index is 955. The number of carbonyl (C=O) groups excluding carboxylic acids is 1. The van der Waals surface area contributed by atoms with Crippen molar-refractivity contribution in [2.45, 2.75) is 13.2 Å². The van der Waals surface area contributed by atoms with Crippen LogP contribution in [0.5, 0.6) is 5.75 Å². The second-order valence-corrected chi connectivity index (χ2v) is 6.35. The number of aromatic nitrogens is 2. The highest BCUT2D eigenvalue weighted by molar-refractivity contribution is 6.30. The van der Waals surface area contributed by atoms with E-state index in [1.807, 2.05) is 12.1 Å². The summed E-state index contributed by atoms with van der Waals surface area (Å²) in [7, 11) is 0. The van der Waals surface area contributed by atoms with Gasteiger partial charge in [0.15, 0.2) is 0 Å². The molecule has 1 amide bonds. The summed E-state index contributed by atoms with van der Waals surface area (Å²) in [6, 6.07) is 14.2. The van der Waals surface area contributed by atoms with Crippen LogP contribution in [0.15, 0.2) is 60.9 Å². The number of amides is 1. The van der Waals surface area contributed by atoms with Gasteiger partial charge in [0, 0.05) is 17.1 Å². The van der Waals surface area contributed by atoms with E-state index in [1.54, 1.807) is 36.4 Å². The Morgan fingerprint density at radius 1 is 1.18 bits per heavy atom. The van der Waals surface area contributed by atoms with Crippen molar-refractivity contribution in [2.75, 3.05) is 6.54 Å². The van der Waals surface area contributed by atoms with Crippen LogP contribution < -0.4 is 10.1 Å². The summed E-state index contributed by atoms with van der Waals surface area (Å²) in [5.41, 5.74) is 1.36. The standard InChI is InChI=1S/C19H17ClN4O4/c20-16-5-7-18(8-6-16)28-13-14-1-3-15(4-2-14)19(25)21-9-10-23-12-17(11-22-23)24(26)27/h1-8,11-12H,9-10,13H2,(H,21,25). The molecule has 1 aromatic heterocycles. The van der Waals surface area contributed by atoms with Gasteiger partial charge in [-0.3, -0.25) is 19.6 Å². The lowest BCUT2D eigenvalue weighted by atomic mass is 10.1. The van der Waals surface area contributed by atoms with Gasteiger partial charge in [-0.1, -0.05) is 23.7 Å². The predicted molar refractivity (Wildman–Crippen MR) is 103 cm³/mol. The van der Waals surface area contributed by atoms with E-state index in [4.69, 9.17) is 16.3 Å². The lowest BCUT2D eigenvalue weighted by molar-refractivity contribution is -0.385. The number of carbonyl (C=O) groups is 1. The SMILES string of the molecule is O=C(NCCn1cc([N+](=O)[O-])cn1)c1ccc(COc2ccc(Cl)cc2)cc1. The third-order valence-corrected chi connectivity index (χ3v) is 4.14. The quantitative estimate of drug-likeness (QED) is 0.461. The number of hydrogen-bond donors (Lipinski definition) is 1.